The maximum absolute atomic E-state index is 13.5. The first-order valence-electron chi connectivity index (χ1n) is 11.2. The Balaban J connectivity index is 1.71. The molecule has 1 N–H and O–H groups in total. The van der Waals surface area contributed by atoms with Gasteiger partial charge in [-0.25, -0.2) is 9.78 Å². The molecule has 1 saturated carbocycles. The van der Waals surface area contributed by atoms with Gasteiger partial charge in [0.2, 0.25) is 0 Å². The van der Waals surface area contributed by atoms with Gasteiger partial charge in [-0.2, -0.15) is 0 Å². The molecule has 32 heavy (non-hydrogen) atoms. The third-order valence-corrected chi connectivity index (χ3v) is 6.33. The lowest BCUT2D eigenvalue weighted by Crippen LogP contribution is -2.46. The minimum atomic E-state index is -0.369. The van der Waals surface area contributed by atoms with Crippen LogP contribution in [0.3, 0.4) is 0 Å². The van der Waals surface area contributed by atoms with Crippen LogP contribution in [0.25, 0.3) is 10.9 Å². The van der Waals surface area contributed by atoms with Crippen LogP contribution >= 0.6 is 0 Å². The summed E-state index contributed by atoms with van der Waals surface area (Å²) >= 11 is 0. The lowest BCUT2D eigenvalue weighted by molar-refractivity contribution is 0.134. The number of para-hydroxylation sites is 1. The molecule has 2 amide bonds. The van der Waals surface area contributed by atoms with E-state index in [1.54, 1.807) is 30.9 Å². The molecule has 7 heteroatoms. The number of amides is 2. The fourth-order valence-electron chi connectivity index (χ4n) is 4.64. The van der Waals surface area contributed by atoms with Crippen molar-refractivity contribution in [2.75, 3.05) is 12.4 Å². The van der Waals surface area contributed by atoms with Gasteiger partial charge in [-0.3, -0.25) is 9.36 Å². The molecule has 1 atom stereocenters. The molecule has 1 heterocycles. The molecule has 0 bridgehead atoms. The summed E-state index contributed by atoms with van der Waals surface area (Å²) in [6.45, 7) is 1.95. The van der Waals surface area contributed by atoms with Crippen molar-refractivity contribution in [3.05, 3.63) is 64.7 Å². The molecule has 168 valence electrons. The molecule has 1 aliphatic rings. The average molecular weight is 435 g/mol. The molecule has 2 aromatic carbocycles. The summed E-state index contributed by atoms with van der Waals surface area (Å²) in [6.07, 6.45) is 5.24. The molecule has 1 unspecified atom stereocenters. The topological polar surface area (TPSA) is 76.5 Å². The first-order valence-corrected chi connectivity index (χ1v) is 11.2. The number of urea groups is 1. The van der Waals surface area contributed by atoms with Crippen molar-refractivity contribution < 1.29 is 9.53 Å². The number of ether oxygens (including phenoxy) is 1. The highest BCUT2D eigenvalue weighted by Crippen LogP contribution is 2.31. The number of methoxy groups -OCH3 is 1. The van der Waals surface area contributed by atoms with Crippen molar-refractivity contribution in [2.45, 2.75) is 51.1 Å². The number of carbonyl (C=O) groups excluding carboxylic acids is 1. The molecular formula is C25H30N4O3. The van der Waals surface area contributed by atoms with Crippen LogP contribution in [-0.4, -0.2) is 33.6 Å². The molecule has 1 fully saturated rings. The van der Waals surface area contributed by atoms with Crippen LogP contribution in [0.5, 0.6) is 5.75 Å². The van der Waals surface area contributed by atoms with E-state index in [9.17, 15) is 9.59 Å². The van der Waals surface area contributed by atoms with Crippen LogP contribution in [-0.2, 0) is 7.05 Å². The van der Waals surface area contributed by atoms with Gasteiger partial charge in [0.1, 0.15) is 11.6 Å². The molecule has 0 aliphatic heterocycles. The van der Waals surface area contributed by atoms with Crippen molar-refractivity contribution >= 4 is 22.6 Å². The second-order valence-electron chi connectivity index (χ2n) is 8.39. The summed E-state index contributed by atoms with van der Waals surface area (Å²) in [5.41, 5.74) is 1.21. The minimum Gasteiger partial charge on any atom is -0.497 e. The Morgan fingerprint density at radius 1 is 1.16 bits per heavy atom. The maximum atomic E-state index is 13.5. The monoisotopic (exact) mass is 434 g/mol. The molecule has 0 radical (unpaired) electrons. The van der Waals surface area contributed by atoms with E-state index in [-0.39, 0.29) is 23.7 Å². The van der Waals surface area contributed by atoms with Crippen molar-refractivity contribution in [1.29, 1.82) is 0 Å². The summed E-state index contributed by atoms with van der Waals surface area (Å²) in [5.74, 6) is 1.26. The van der Waals surface area contributed by atoms with E-state index in [2.05, 4.69) is 5.32 Å². The van der Waals surface area contributed by atoms with Crippen LogP contribution in [0.1, 0.15) is 50.9 Å². The fourth-order valence-corrected chi connectivity index (χ4v) is 4.64. The number of nitrogens with one attached hydrogen (secondary N) is 1. The second kappa shape index (κ2) is 9.42. The quantitative estimate of drug-likeness (QED) is 0.622. The molecular weight excluding hydrogens is 404 g/mol. The van der Waals surface area contributed by atoms with Gasteiger partial charge in [0.15, 0.2) is 0 Å². The molecule has 1 aliphatic carbocycles. The number of rotatable bonds is 5. The van der Waals surface area contributed by atoms with Gasteiger partial charge in [0.25, 0.3) is 5.56 Å². The number of aromatic nitrogens is 2. The SMILES string of the molecule is COc1cccc(NC(=O)N(C2CCCCC2)C(C)c2nc3ccccc3c(=O)n2C)c1. The van der Waals surface area contributed by atoms with Gasteiger partial charge >= 0.3 is 6.03 Å². The summed E-state index contributed by atoms with van der Waals surface area (Å²) in [7, 11) is 3.33. The number of benzene rings is 2. The fraction of sp³-hybridized carbons (Fsp3) is 0.400. The van der Waals surface area contributed by atoms with E-state index in [1.165, 1.54) is 6.42 Å². The van der Waals surface area contributed by atoms with Crippen molar-refractivity contribution in [3.8, 4) is 5.75 Å². The lowest BCUT2D eigenvalue weighted by atomic mass is 9.93. The lowest BCUT2D eigenvalue weighted by Gasteiger charge is -2.38. The Bertz CT molecular complexity index is 1170. The van der Waals surface area contributed by atoms with Crippen LogP contribution in [0.15, 0.2) is 53.3 Å². The van der Waals surface area contributed by atoms with Crippen LogP contribution < -0.4 is 15.6 Å². The third-order valence-electron chi connectivity index (χ3n) is 6.33. The first kappa shape index (κ1) is 21.9. The van der Waals surface area contributed by atoms with E-state index < -0.39 is 0 Å². The van der Waals surface area contributed by atoms with Gasteiger partial charge in [-0.05, 0) is 44.0 Å². The van der Waals surface area contributed by atoms with E-state index in [0.717, 1.165) is 25.7 Å². The molecule has 3 aromatic rings. The normalized spacial score (nSPS) is 15.3. The molecule has 1 aromatic heterocycles. The Hall–Kier alpha value is -3.35. The molecule has 0 saturated heterocycles. The highest BCUT2D eigenvalue weighted by Gasteiger charge is 2.32. The highest BCUT2D eigenvalue weighted by atomic mass is 16.5. The van der Waals surface area contributed by atoms with Gasteiger partial charge in [0.05, 0.1) is 24.1 Å². The number of nitrogens with zero attached hydrogens (tertiary/aromatic N) is 3. The standard InChI is InChI=1S/C25H30N4O3/c1-17(23-27-22-15-8-7-14-21(22)24(30)28(23)2)29(19-11-5-4-6-12-19)25(31)26-18-10-9-13-20(16-18)32-3/h7-10,13-17,19H,4-6,11-12H2,1-3H3,(H,26,31). The number of fused-ring (bicyclic) bond motifs is 1. The first-order chi connectivity index (χ1) is 15.5. The van der Waals surface area contributed by atoms with Crippen molar-refractivity contribution in [3.63, 3.8) is 0 Å². The predicted octanol–water partition coefficient (Wildman–Crippen LogP) is 4.87. The molecule has 0 spiro atoms. The summed E-state index contributed by atoms with van der Waals surface area (Å²) in [6, 6.07) is 14.2. The third kappa shape index (κ3) is 4.33. The van der Waals surface area contributed by atoms with Crippen LogP contribution in [0.4, 0.5) is 10.5 Å². The number of hydrogen-bond donors (Lipinski definition) is 1. The Morgan fingerprint density at radius 3 is 2.66 bits per heavy atom. The summed E-state index contributed by atoms with van der Waals surface area (Å²) in [4.78, 5) is 33.2. The Kier molecular flexibility index (Phi) is 6.44. The average Bonchev–Trinajstić information content (AvgIpc) is 2.82. The Labute approximate surface area is 188 Å². The van der Waals surface area contributed by atoms with Crippen LogP contribution in [0, 0.1) is 0 Å². The molecule has 4 rings (SSSR count). The zero-order valence-electron chi connectivity index (χ0n) is 18.9. The zero-order chi connectivity index (χ0) is 22.7. The summed E-state index contributed by atoms with van der Waals surface area (Å²) in [5, 5.41) is 3.61. The number of anilines is 1. The maximum Gasteiger partial charge on any atom is 0.322 e. The van der Waals surface area contributed by atoms with E-state index in [4.69, 9.17) is 9.72 Å². The van der Waals surface area contributed by atoms with Gasteiger partial charge < -0.3 is 15.0 Å². The smallest absolute Gasteiger partial charge is 0.322 e. The zero-order valence-corrected chi connectivity index (χ0v) is 18.9. The highest BCUT2D eigenvalue weighted by molar-refractivity contribution is 5.90. The summed E-state index contributed by atoms with van der Waals surface area (Å²) < 4.78 is 6.86. The number of carbonyl (C=O) groups is 1. The van der Waals surface area contributed by atoms with Crippen LogP contribution in [0.2, 0.25) is 0 Å². The molecule has 7 nitrogen and oxygen atoms in total. The second-order valence-corrected chi connectivity index (χ2v) is 8.39. The Morgan fingerprint density at radius 2 is 1.91 bits per heavy atom. The predicted molar refractivity (Wildman–Crippen MR) is 126 cm³/mol. The van der Waals surface area contributed by atoms with E-state index in [0.29, 0.717) is 28.2 Å². The van der Waals surface area contributed by atoms with Gasteiger partial charge in [-0.1, -0.05) is 37.5 Å². The van der Waals surface area contributed by atoms with E-state index in [1.807, 2.05) is 48.2 Å². The van der Waals surface area contributed by atoms with Gasteiger partial charge in [-0.15, -0.1) is 0 Å². The van der Waals surface area contributed by atoms with Gasteiger partial charge in [0, 0.05) is 24.8 Å². The van der Waals surface area contributed by atoms with E-state index >= 15 is 0 Å². The minimum absolute atomic E-state index is 0.0905. The number of hydrogen-bond acceptors (Lipinski definition) is 4. The van der Waals surface area contributed by atoms with Crippen molar-refractivity contribution in [1.82, 2.24) is 14.5 Å². The largest absolute Gasteiger partial charge is 0.497 e. The van der Waals surface area contributed by atoms with Crippen molar-refractivity contribution in [2.24, 2.45) is 7.05 Å².